The van der Waals surface area contributed by atoms with E-state index in [-0.39, 0.29) is 5.28 Å². The Morgan fingerprint density at radius 3 is 2.94 bits per heavy atom. The monoisotopic (exact) mass is 278 g/mol. The lowest BCUT2D eigenvalue weighted by Crippen LogP contribution is -1.91. The molecule has 0 atom stereocenters. The highest BCUT2D eigenvalue weighted by Crippen LogP contribution is 2.28. The maximum atomic E-state index is 5.83. The van der Waals surface area contributed by atoms with Gasteiger partial charge in [-0.15, -0.1) is 0 Å². The van der Waals surface area contributed by atoms with Gasteiger partial charge in [0.1, 0.15) is 21.9 Å². The minimum absolute atomic E-state index is 0.229. The fourth-order valence-corrected chi connectivity index (χ4v) is 2.66. The highest BCUT2D eigenvalue weighted by Gasteiger charge is 2.09. The van der Waals surface area contributed by atoms with Crippen molar-refractivity contribution in [1.82, 2.24) is 29.9 Å². The average molecular weight is 279 g/mol. The van der Waals surface area contributed by atoms with Crippen LogP contribution in [-0.2, 0) is 0 Å². The van der Waals surface area contributed by atoms with E-state index in [1.54, 1.807) is 6.33 Å². The van der Waals surface area contributed by atoms with Gasteiger partial charge in [-0.05, 0) is 36.4 Å². The number of nitrogens with one attached hydrogen (secondary N) is 1. The minimum atomic E-state index is 0.229. The molecule has 0 aliphatic carbocycles. The number of H-pyrrole nitrogens is 1. The second-order valence-corrected chi connectivity index (χ2v) is 4.85. The molecule has 3 heterocycles. The fraction of sp³-hybridized carbons (Fsp3) is 0.100. The minimum Gasteiger partial charge on any atom is -0.341 e. The number of aryl methyl sites for hydroxylation is 1. The van der Waals surface area contributed by atoms with Gasteiger partial charge in [0.05, 0.1) is 6.33 Å². The molecule has 90 valence electrons. The predicted octanol–water partition coefficient (Wildman–Crippen LogP) is 2.26. The van der Waals surface area contributed by atoms with Crippen molar-refractivity contribution in [3.05, 3.63) is 29.7 Å². The first-order chi connectivity index (χ1) is 8.72. The van der Waals surface area contributed by atoms with Crippen molar-refractivity contribution in [2.75, 3.05) is 0 Å². The van der Waals surface area contributed by atoms with Gasteiger partial charge in [-0.3, -0.25) is 0 Å². The molecule has 3 rings (SSSR count). The molecular weight excluding hydrogens is 272 g/mol. The fourth-order valence-electron chi connectivity index (χ4n) is 1.48. The zero-order valence-electron chi connectivity index (χ0n) is 9.25. The molecule has 6 nitrogen and oxygen atoms in total. The zero-order chi connectivity index (χ0) is 12.5. The van der Waals surface area contributed by atoms with Crippen molar-refractivity contribution in [2.24, 2.45) is 0 Å². The lowest BCUT2D eigenvalue weighted by molar-refractivity contribution is 1.000. The van der Waals surface area contributed by atoms with Crippen LogP contribution in [0.4, 0.5) is 0 Å². The van der Waals surface area contributed by atoms with Gasteiger partial charge in [0.15, 0.2) is 5.65 Å². The number of imidazole rings is 1. The van der Waals surface area contributed by atoms with Gasteiger partial charge in [-0.25, -0.2) is 24.9 Å². The number of halogens is 1. The summed E-state index contributed by atoms with van der Waals surface area (Å²) >= 11 is 7.22. The highest BCUT2D eigenvalue weighted by molar-refractivity contribution is 7.99. The third kappa shape index (κ3) is 2.14. The summed E-state index contributed by atoms with van der Waals surface area (Å²) in [5.41, 5.74) is 2.23. The molecule has 0 bridgehead atoms. The third-order valence-corrected chi connectivity index (χ3v) is 3.28. The highest BCUT2D eigenvalue weighted by atomic mass is 35.5. The molecule has 0 fully saturated rings. The summed E-state index contributed by atoms with van der Waals surface area (Å²) < 4.78 is 0. The predicted molar refractivity (Wildman–Crippen MR) is 67.6 cm³/mol. The SMILES string of the molecule is Cc1cc(Sc2ncnc3nc[nH]c23)nc(Cl)n1. The van der Waals surface area contributed by atoms with E-state index in [1.165, 1.54) is 18.1 Å². The second-order valence-electron chi connectivity index (χ2n) is 3.50. The van der Waals surface area contributed by atoms with Crippen LogP contribution in [0.1, 0.15) is 5.69 Å². The van der Waals surface area contributed by atoms with E-state index in [1.807, 2.05) is 13.0 Å². The first-order valence-electron chi connectivity index (χ1n) is 5.05. The summed E-state index contributed by atoms with van der Waals surface area (Å²) in [6, 6.07) is 1.85. The van der Waals surface area contributed by atoms with Gasteiger partial charge in [0.25, 0.3) is 0 Å². The van der Waals surface area contributed by atoms with Gasteiger partial charge in [-0.2, -0.15) is 0 Å². The van der Waals surface area contributed by atoms with E-state index < -0.39 is 0 Å². The summed E-state index contributed by atoms with van der Waals surface area (Å²) in [4.78, 5) is 23.5. The molecule has 3 aromatic rings. The first kappa shape index (κ1) is 11.4. The normalized spacial score (nSPS) is 11.0. The van der Waals surface area contributed by atoms with Crippen LogP contribution >= 0.6 is 23.4 Å². The Hall–Kier alpha value is -1.73. The summed E-state index contributed by atoms with van der Waals surface area (Å²) in [5.74, 6) is 0. The Morgan fingerprint density at radius 2 is 2.11 bits per heavy atom. The number of hydrogen-bond acceptors (Lipinski definition) is 6. The Bertz CT molecular complexity index is 692. The molecule has 0 saturated carbocycles. The van der Waals surface area contributed by atoms with Gasteiger partial charge in [0.2, 0.25) is 5.28 Å². The van der Waals surface area contributed by atoms with E-state index in [0.29, 0.717) is 5.65 Å². The molecule has 0 aromatic carbocycles. The molecule has 1 N–H and O–H groups in total. The molecule has 0 aliphatic rings. The molecular formula is C10H7ClN6S. The summed E-state index contributed by atoms with van der Waals surface area (Å²) in [6.07, 6.45) is 3.06. The van der Waals surface area contributed by atoms with E-state index in [4.69, 9.17) is 11.6 Å². The molecule has 0 amide bonds. The van der Waals surface area contributed by atoms with Crippen LogP contribution in [0.5, 0.6) is 0 Å². The van der Waals surface area contributed by atoms with Gasteiger partial charge in [-0.1, -0.05) is 0 Å². The smallest absolute Gasteiger partial charge is 0.223 e. The van der Waals surface area contributed by atoms with Crippen LogP contribution < -0.4 is 0 Å². The molecule has 0 spiro atoms. The molecule has 3 aromatic heterocycles. The Kier molecular flexibility index (Phi) is 2.85. The average Bonchev–Trinajstić information content (AvgIpc) is 2.76. The summed E-state index contributed by atoms with van der Waals surface area (Å²) in [5, 5.41) is 1.72. The lowest BCUT2D eigenvalue weighted by atomic mass is 10.5. The van der Waals surface area contributed by atoms with Crippen LogP contribution in [0.2, 0.25) is 5.28 Å². The first-order valence-corrected chi connectivity index (χ1v) is 6.25. The van der Waals surface area contributed by atoms with Crippen molar-refractivity contribution in [3.63, 3.8) is 0 Å². The molecule has 0 unspecified atom stereocenters. The summed E-state index contributed by atoms with van der Waals surface area (Å²) in [7, 11) is 0. The van der Waals surface area contributed by atoms with Crippen LogP contribution in [0.3, 0.4) is 0 Å². The Balaban J connectivity index is 2.03. The molecule has 0 saturated heterocycles. The van der Waals surface area contributed by atoms with Crippen LogP contribution in [0, 0.1) is 6.92 Å². The third-order valence-electron chi connectivity index (χ3n) is 2.19. The van der Waals surface area contributed by atoms with Gasteiger partial charge >= 0.3 is 0 Å². The molecule has 0 aliphatic heterocycles. The van der Waals surface area contributed by atoms with E-state index in [2.05, 4.69) is 29.9 Å². The van der Waals surface area contributed by atoms with Gasteiger partial charge in [0, 0.05) is 5.69 Å². The summed E-state index contributed by atoms with van der Waals surface area (Å²) in [6.45, 7) is 1.86. The maximum absolute atomic E-state index is 5.83. The number of rotatable bonds is 2. The Morgan fingerprint density at radius 1 is 1.22 bits per heavy atom. The van der Waals surface area contributed by atoms with Crippen molar-refractivity contribution >= 4 is 34.5 Å². The van der Waals surface area contributed by atoms with Gasteiger partial charge < -0.3 is 4.98 Å². The quantitative estimate of drug-likeness (QED) is 0.572. The number of aromatic amines is 1. The standard InChI is InChI=1S/C10H7ClN6S/c1-5-2-6(17-10(11)16-5)18-9-7-8(13-3-12-7)14-4-15-9/h2-4H,1H3,(H,12,13,14,15). The van der Waals surface area contributed by atoms with Crippen LogP contribution in [0.15, 0.2) is 28.8 Å². The molecule has 8 heteroatoms. The number of fused-ring (bicyclic) bond motifs is 1. The lowest BCUT2D eigenvalue weighted by Gasteiger charge is -2.02. The molecule has 18 heavy (non-hydrogen) atoms. The van der Waals surface area contributed by atoms with E-state index in [0.717, 1.165) is 21.3 Å². The van der Waals surface area contributed by atoms with E-state index in [9.17, 15) is 0 Å². The zero-order valence-corrected chi connectivity index (χ0v) is 10.8. The Labute approximate surface area is 111 Å². The largest absolute Gasteiger partial charge is 0.341 e. The van der Waals surface area contributed by atoms with Crippen molar-refractivity contribution in [1.29, 1.82) is 0 Å². The number of nitrogens with zero attached hydrogens (tertiary/aromatic N) is 5. The topological polar surface area (TPSA) is 80.2 Å². The van der Waals surface area contributed by atoms with Crippen molar-refractivity contribution in [3.8, 4) is 0 Å². The number of hydrogen-bond donors (Lipinski definition) is 1. The second kappa shape index (κ2) is 4.51. The van der Waals surface area contributed by atoms with E-state index >= 15 is 0 Å². The van der Waals surface area contributed by atoms with Crippen molar-refractivity contribution in [2.45, 2.75) is 17.0 Å². The van der Waals surface area contributed by atoms with Crippen LogP contribution in [0.25, 0.3) is 11.2 Å². The van der Waals surface area contributed by atoms with Crippen molar-refractivity contribution < 1.29 is 0 Å². The maximum Gasteiger partial charge on any atom is 0.223 e. The molecule has 0 radical (unpaired) electrons. The number of aromatic nitrogens is 6. The van der Waals surface area contributed by atoms with Crippen LogP contribution in [-0.4, -0.2) is 29.9 Å².